The largest absolute Gasteiger partial charge is 0.310 e. The Hall–Kier alpha value is -6.85. The summed E-state index contributed by atoms with van der Waals surface area (Å²) in [5.41, 5.74) is 16.0. The van der Waals surface area contributed by atoms with E-state index in [0.29, 0.717) is 17.6 Å². The highest BCUT2D eigenvalue weighted by Crippen LogP contribution is 2.51. The maximum Gasteiger partial charge on any atom is 0.238 e. The molecule has 0 N–H and O–H groups in total. The predicted molar refractivity (Wildman–Crippen MR) is 231 cm³/mol. The topological polar surface area (TPSA) is 46.8 Å². The molecule has 0 unspecified atom stereocenters. The zero-order chi connectivity index (χ0) is 38.1. The average Bonchev–Trinajstić information content (AvgIpc) is 3.65. The number of aryl methyl sites for hydroxylation is 3. The van der Waals surface area contributed by atoms with Gasteiger partial charge in [0.1, 0.15) is 0 Å². The van der Waals surface area contributed by atoms with Crippen molar-refractivity contribution in [2.24, 2.45) is 0 Å². The molecule has 5 nitrogen and oxygen atoms in total. The summed E-state index contributed by atoms with van der Waals surface area (Å²) in [7, 11) is 0. The quantitative estimate of drug-likeness (QED) is 0.171. The van der Waals surface area contributed by atoms with Crippen LogP contribution in [0.15, 0.2) is 158 Å². The number of aromatic nitrogens is 4. The summed E-state index contributed by atoms with van der Waals surface area (Å²) in [6, 6.07) is 56.4. The van der Waals surface area contributed by atoms with Crippen LogP contribution >= 0.6 is 0 Å². The lowest BCUT2D eigenvalue weighted by Gasteiger charge is -2.26. The maximum absolute atomic E-state index is 5.29. The highest BCUT2D eigenvalue weighted by atomic mass is 15.2. The molecule has 0 aliphatic heterocycles. The molecule has 0 saturated carbocycles. The molecule has 0 bridgehead atoms. The summed E-state index contributed by atoms with van der Waals surface area (Å²) in [4.78, 5) is 18.0. The highest BCUT2D eigenvalue weighted by Gasteiger charge is 2.36. The molecule has 0 fully saturated rings. The van der Waals surface area contributed by atoms with E-state index < -0.39 is 0 Å². The fourth-order valence-electron chi connectivity index (χ4n) is 8.43. The molecule has 0 spiro atoms. The van der Waals surface area contributed by atoms with Crippen LogP contribution in [0.4, 0.5) is 17.1 Å². The summed E-state index contributed by atoms with van der Waals surface area (Å²) in [5.74, 6) is 1.84. The van der Waals surface area contributed by atoms with E-state index in [1.807, 2.05) is 36.4 Å². The molecule has 1 aliphatic carbocycles. The van der Waals surface area contributed by atoms with E-state index in [1.165, 1.54) is 44.3 Å². The summed E-state index contributed by atoms with van der Waals surface area (Å²) in [5, 5.41) is 2.31. The van der Waals surface area contributed by atoms with Crippen molar-refractivity contribution in [1.29, 1.82) is 0 Å². The third-order valence-electron chi connectivity index (χ3n) is 11.4. The Morgan fingerprint density at radius 2 is 0.964 bits per heavy atom. The van der Waals surface area contributed by atoms with Crippen LogP contribution in [0.25, 0.3) is 61.7 Å². The number of rotatable bonds is 6. The van der Waals surface area contributed by atoms with Crippen LogP contribution in [0.2, 0.25) is 0 Å². The molecule has 56 heavy (non-hydrogen) atoms. The smallest absolute Gasteiger partial charge is 0.238 e. The number of fused-ring (bicyclic) bond motifs is 6. The monoisotopic (exact) mass is 723 g/mol. The van der Waals surface area contributed by atoms with Gasteiger partial charge in [-0.1, -0.05) is 140 Å². The number of anilines is 3. The van der Waals surface area contributed by atoms with Crippen molar-refractivity contribution < 1.29 is 0 Å². The molecule has 0 radical (unpaired) electrons. The van der Waals surface area contributed by atoms with Gasteiger partial charge < -0.3 is 4.90 Å². The fourth-order valence-corrected chi connectivity index (χ4v) is 8.43. The van der Waals surface area contributed by atoms with E-state index in [-0.39, 0.29) is 5.41 Å². The van der Waals surface area contributed by atoms with Crippen molar-refractivity contribution in [3.05, 3.63) is 186 Å². The Bertz CT molecular complexity index is 2840. The molecule has 0 atom stereocenters. The summed E-state index contributed by atoms with van der Waals surface area (Å²) in [6.07, 6.45) is 0. The Balaban J connectivity index is 1.30. The Kier molecular flexibility index (Phi) is 7.75. The Morgan fingerprint density at radius 1 is 0.446 bits per heavy atom. The minimum absolute atomic E-state index is 0.152. The molecule has 270 valence electrons. The van der Waals surface area contributed by atoms with Crippen LogP contribution in [-0.4, -0.2) is 19.5 Å². The minimum Gasteiger partial charge on any atom is -0.310 e. The number of nitrogens with zero attached hydrogens (tertiary/aromatic N) is 5. The third kappa shape index (κ3) is 5.50. The maximum atomic E-state index is 5.29. The van der Waals surface area contributed by atoms with Gasteiger partial charge in [-0.3, -0.25) is 4.57 Å². The van der Waals surface area contributed by atoms with Crippen LogP contribution < -0.4 is 4.90 Å². The number of hydrogen-bond donors (Lipinski definition) is 0. The molecule has 0 saturated heterocycles. The normalized spacial score (nSPS) is 12.9. The second-order valence-electron chi connectivity index (χ2n) is 15.6. The molecule has 9 aromatic rings. The van der Waals surface area contributed by atoms with Crippen molar-refractivity contribution in [2.75, 3.05) is 4.90 Å². The van der Waals surface area contributed by atoms with Crippen molar-refractivity contribution in [1.82, 2.24) is 19.5 Å². The number of hydrogen-bond acceptors (Lipinski definition) is 4. The van der Waals surface area contributed by atoms with E-state index in [4.69, 9.17) is 15.0 Å². The van der Waals surface area contributed by atoms with Crippen LogP contribution in [0.1, 0.15) is 41.7 Å². The van der Waals surface area contributed by atoms with Gasteiger partial charge in [-0.05, 0) is 91.6 Å². The highest BCUT2D eigenvalue weighted by molar-refractivity contribution is 6.12. The molecule has 7 aromatic carbocycles. The van der Waals surface area contributed by atoms with Gasteiger partial charge in [0.2, 0.25) is 5.95 Å². The lowest BCUT2D eigenvalue weighted by Crippen LogP contribution is -2.15. The minimum atomic E-state index is -0.152. The first-order valence-electron chi connectivity index (χ1n) is 19.3. The van der Waals surface area contributed by atoms with Crippen LogP contribution in [0.3, 0.4) is 0 Å². The average molecular weight is 724 g/mol. The molecule has 2 heterocycles. The van der Waals surface area contributed by atoms with E-state index in [2.05, 4.69) is 165 Å². The van der Waals surface area contributed by atoms with Gasteiger partial charge in [0.15, 0.2) is 11.6 Å². The standard InChI is InChI=1S/C51H41N5/c1-32-16-21-37(22-17-32)55(38-23-18-33(2)19-24-38)39-25-27-41-43-30-45-42(40-26-20-34(3)28-44(40)51(45,4)5)31-47(43)56(46(41)29-39)50-53-48(35-12-8-6-9-13-35)52-49(54-50)36-14-10-7-11-15-36/h6-31H,1-5H3. The van der Waals surface area contributed by atoms with Gasteiger partial charge >= 0.3 is 0 Å². The predicted octanol–water partition coefficient (Wildman–Crippen LogP) is 13.0. The van der Waals surface area contributed by atoms with Crippen molar-refractivity contribution in [3.63, 3.8) is 0 Å². The SMILES string of the molecule is Cc1ccc(N(c2ccc(C)cc2)c2ccc3c4cc5c(cc4n(-c4nc(-c6ccccc6)nc(-c6ccccc6)n4)c3c2)-c2ccc(C)cc2C5(C)C)cc1. The van der Waals surface area contributed by atoms with E-state index >= 15 is 0 Å². The fraction of sp³-hybridized carbons (Fsp3) is 0.118. The van der Waals surface area contributed by atoms with Gasteiger partial charge in [-0.15, -0.1) is 0 Å². The van der Waals surface area contributed by atoms with Crippen LogP contribution in [-0.2, 0) is 5.41 Å². The van der Waals surface area contributed by atoms with Gasteiger partial charge in [-0.25, -0.2) is 4.98 Å². The molecular formula is C51H41N5. The van der Waals surface area contributed by atoms with Crippen molar-refractivity contribution in [3.8, 4) is 39.9 Å². The van der Waals surface area contributed by atoms with Crippen LogP contribution in [0, 0.1) is 20.8 Å². The second-order valence-corrected chi connectivity index (χ2v) is 15.6. The second kappa shape index (κ2) is 12.9. The molecule has 1 aliphatic rings. The molecule has 0 amide bonds. The van der Waals surface area contributed by atoms with E-state index in [1.54, 1.807) is 0 Å². The Morgan fingerprint density at radius 3 is 1.55 bits per heavy atom. The van der Waals surface area contributed by atoms with E-state index in [0.717, 1.165) is 44.6 Å². The Labute approximate surface area is 327 Å². The number of benzene rings is 7. The zero-order valence-electron chi connectivity index (χ0n) is 32.2. The molecule has 10 rings (SSSR count). The molecule has 5 heteroatoms. The first-order chi connectivity index (χ1) is 27.2. The summed E-state index contributed by atoms with van der Waals surface area (Å²) in [6.45, 7) is 11.1. The van der Waals surface area contributed by atoms with Crippen molar-refractivity contribution in [2.45, 2.75) is 40.0 Å². The van der Waals surface area contributed by atoms with E-state index in [9.17, 15) is 0 Å². The first-order valence-corrected chi connectivity index (χ1v) is 19.3. The van der Waals surface area contributed by atoms with Gasteiger partial charge in [-0.2, -0.15) is 9.97 Å². The molecular weight excluding hydrogens is 683 g/mol. The molecule has 2 aromatic heterocycles. The van der Waals surface area contributed by atoms with Gasteiger partial charge in [0.05, 0.1) is 11.0 Å². The summed E-state index contributed by atoms with van der Waals surface area (Å²) < 4.78 is 2.26. The van der Waals surface area contributed by atoms with Crippen molar-refractivity contribution >= 4 is 38.9 Å². The van der Waals surface area contributed by atoms with Gasteiger partial charge in [0.25, 0.3) is 0 Å². The van der Waals surface area contributed by atoms with Crippen LogP contribution in [0.5, 0.6) is 0 Å². The third-order valence-corrected chi connectivity index (χ3v) is 11.4. The lowest BCUT2D eigenvalue weighted by molar-refractivity contribution is 0.660. The zero-order valence-corrected chi connectivity index (χ0v) is 32.2. The lowest BCUT2D eigenvalue weighted by atomic mass is 9.81. The van der Waals surface area contributed by atoms with Gasteiger partial charge in [0, 0.05) is 44.4 Å². The summed E-state index contributed by atoms with van der Waals surface area (Å²) >= 11 is 0. The first kappa shape index (κ1) is 33.7.